The van der Waals surface area contributed by atoms with Crippen LogP contribution in [0.25, 0.3) is 0 Å². The van der Waals surface area contributed by atoms with Crippen LogP contribution in [0.15, 0.2) is 146 Å². The number of aromatic hydroxyl groups is 10. The molecule has 10 N–H and O–H groups in total. The maximum Gasteiger partial charge on any atom is 0.135 e. The Morgan fingerprint density at radius 3 is 0.897 bits per heavy atom. The van der Waals surface area contributed by atoms with Crippen molar-refractivity contribution >= 4 is 0 Å². The molecule has 2 aliphatic carbocycles. The normalized spacial score (nSPS) is 22.6. The van der Waals surface area contributed by atoms with Crippen LogP contribution in [-0.4, -0.2) is 51.1 Å². The van der Waals surface area contributed by atoms with Gasteiger partial charge in [-0.3, -0.25) is 0 Å². The number of ether oxygens (including phenoxy) is 2. The van der Waals surface area contributed by atoms with Crippen LogP contribution in [0.3, 0.4) is 0 Å². The molecule has 4 aliphatic rings. The van der Waals surface area contributed by atoms with Crippen LogP contribution in [0.1, 0.15) is 114 Å². The van der Waals surface area contributed by atoms with E-state index >= 15 is 0 Å². The van der Waals surface area contributed by atoms with E-state index in [1.165, 1.54) is 24.3 Å². The lowest BCUT2D eigenvalue weighted by Gasteiger charge is -2.40. The van der Waals surface area contributed by atoms with Crippen molar-refractivity contribution in [2.75, 3.05) is 0 Å². The third-order valence-electron chi connectivity index (χ3n) is 14.5. The Bertz CT molecular complexity index is 3110. The van der Waals surface area contributed by atoms with Gasteiger partial charge >= 0.3 is 0 Å². The van der Waals surface area contributed by atoms with Gasteiger partial charge in [0.1, 0.15) is 81.2 Å². The zero-order valence-electron chi connectivity index (χ0n) is 35.8. The highest BCUT2D eigenvalue weighted by Crippen LogP contribution is 2.69. The molecule has 12 rings (SSSR count). The van der Waals surface area contributed by atoms with Crippen molar-refractivity contribution in [3.63, 3.8) is 0 Å². The molecule has 12 nitrogen and oxygen atoms in total. The molecule has 0 fully saturated rings. The van der Waals surface area contributed by atoms with Gasteiger partial charge in [-0.15, -0.1) is 0 Å². The molecule has 338 valence electrons. The molecule has 0 amide bonds. The number of hydrogen-bond donors (Lipinski definition) is 10. The Balaban J connectivity index is 1.25. The molecule has 0 saturated heterocycles. The molecule has 0 saturated carbocycles. The van der Waals surface area contributed by atoms with Crippen LogP contribution in [-0.2, 0) is 0 Å². The fraction of sp³-hybridized carbons (Fsp3) is 0.143. The van der Waals surface area contributed by atoms with Gasteiger partial charge < -0.3 is 60.5 Å². The largest absolute Gasteiger partial charge is 0.508 e. The molecule has 8 aromatic carbocycles. The van der Waals surface area contributed by atoms with Crippen molar-refractivity contribution in [2.45, 2.75) is 47.7 Å². The van der Waals surface area contributed by atoms with E-state index in [9.17, 15) is 51.1 Å². The summed E-state index contributed by atoms with van der Waals surface area (Å²) in [6, 6.07) is 38.4. The summed E-state index contributed by atoms with van der Waals surface area (Å²) >= 11 is 0. The molecule has 2 heterocycles. The van der Waals surface area contributed by atoms with Crippen LogP contribution in [0, 0.1) is 0 Å². The number of hydrogen-bond acceptors (Lipinski definition) is 12. The zero-order chi connectivity index (χ0) is 46.9. The first-order chi connectivity index (χ1) is 32.8. The predicted octanol–water partition coefficient (Wildman–Crippen LogP) is 10.4. The van der Waals surface area contributed by atoms with Gasteiger partial charge in [0.25, 0.3) is 0 Å². The average Bonchev–Trinajstić information content (AvgIpc) is 3.81. The summed E-state index contributed by atoms with van der Waals surface area (Å²) in [6.45, 7) is 0. The molecule has 0 radical (unpaired) electrons. The van der Waals surface area contributed by atoms with Crippen molar-refractivity contribution in [1.82, 2.24) is 0 Å². The lowest BCUT2D eigenvalue weighted by atomic mass is 9.62. The highest BCUT2D eigenvalue weighted by Gasteiger charge is 2.55. The minimum atomic E-state index is -0.918. The van der Waals surface area contributed by atoms with Crippen LogP contribution in [0.2, 0.25) is 0 Å². The zero-order valence-corrected chi connectivity index (χ0v) is 35.8. The number of benzene rings is 8. The molecule has 0 spiro atoms. The Morgan fingerprint density at radius 2 is 0.559 bits per heavy atom. The van der Waals surface area contributed by atoms with Crippen molar-refractivity contribution in [1.29, 1.82) is 0 Å². The quantitative estimate of drug-likeness (QED) is 0.0780. The Labute approximate surface area is 388 Å². The van der Waals surface area contributed by atoms with Gasteiger partial charge in [-0.1, -0.05) is 48.5 Å². The van der Waals surface area contributed by atoms with Crippen molar-refractivity contribution in [3.8, 4) is 69.0 Å². The summed E-state index contributed by atoms with van der Waals surface area (Å²) < 4.78 is 13.7. The summed E-state index contributed by atoms with van der Waals surface area (Å²) in [5, 5.41) is 114. The second-order valence-electron chi connectivity index (χ2n) is 18.2. The number of phenols is 10. The van der Waals surface area contributed by atoms with Crippen molar-refractivity contribution in [2.24, 2.45) is 0 Å². The van der Waals surface area contributed by atoms with Crippen molar-refractivity contribution < 1.29 is 60.5 Å². The van der Waals surface area contributed by atoms with Gasteiger partial charge in [-0.2, -0.15) is 0 Å². The third-order valence-corrected chi connectivity index (χ3v) is 14.5. The van der Waals surface area contributed by atoms with E-state index < -0.39 is 47.7 Å². The van der Waals surface area contributed by atoms with Gasteiger partial charge in [0, 0.05) is 70.2 Å². The fourth-order valence-corrected chi connectivity index (χ4v) is 12.0. The van der Waals surface area contributed by atoms with E-state index in [4.69, 9.17) is 9.47 Å². The summed E-state index contributed by atoms with van der Waals surface area (Å²) in [7, 11) is 0. The molecule has 8 atom stereocenters. The molecular weight excluding hydrogens is 865 g/mol. The van der Waals surface area contributed by atoms with Gasteiger partial charge in [0.15, 0.2) is 0 Å². The molecule has 68 heavy (non-hydrogen) atoms. The van der Waals surface area contributed by atoms with Gasteiger partial charge in [-0.05, 0) is 117 Å². The Morgan fingerprint density at radius 1 is 0.265 bits per heavy atom. The maximum absolute atomic E-state index is 12.5. The van der Waals surface area contributed by atoms with E-state index in [0.717, 1.165) is 0 Å². The smallest absolute Gasteiger partial charge is 0.135 e. The Kier molecular flexibility index (Phi) is 8.97. The first-order valence-corrected chi connectivity index (χ1v) is 22.2. The van der Waals surface area contributed by atoms with Crippen LogP contribution < -0.4 is 9.47 Å². The molecule has 8 aromatic rings. The second-order valence-corrected chi connectivity index (χ2v) is 18.2. The second kappa shape index (κ2) is 14.9. The predicted molar refractivity (Wildman–Crippen MR) is 248 cm³/mol. The summed E-state index contributed by atoms with van der Waals surface area (Å²) in [5.41, 5.74) is 6.75. The minimum absolute atomic E-state index is 0.0182. The first kappa shape index (κ1) is 40.8. The van der Waals surface area contributed by atoms with Crippen LogP contribution >= 0.6 is 0 Å². The third kappa shape index (κ3) is 6.20. The van der Waals surface area contributed by atoms with Gasteiger partial charge in [0.05, 0.1) is 11.8 Å². The van der Waals surface area contributed by atoms with Crippen molar-refractivity contribution in [3.05, 3.63) is 212 Å². The maximum atomic E-state index is 12.5. The lowest BCUT2D eigenvalue weighted by Crippen LogP contribution is -2.26. The molecule has 2 unspecified atom stereocenters. The number of rotatable bonds is 5. The van der Waals surface area contributed by atoms with Crippen LogP contribution in [0.4, 0.5) is 0 Å². The van der Waals surface area contributed by atoms with Crippen LogP contribution in [0.5, 0.6) is 69.0 Å². The highest BCUT2D eigenvalue weighted by atomic mass is 16.5. The van der Waals surface area contributed by atoms with E-state index in [2.05, 4.69) is 0 Å². The minimum Gasteiger partial charge on any atom is -0.508 e. The molecule has 2 aliphatic heterocycles. The molecule has 0 bridgehead atoms. The van der Waals surface area contributed by atoms with Gasteiger partial charge in [-0.25, -0.2) is 0 Å². The number of phenolic OH excluding ortho intramolecular Hbond substituents is 10. The van der Waals surface area contributed by atoms with E-state index in [0.29, 0.717) is 78.3 Å². The first-order valence-electron chi connectivity index (χ1n) is 22.2. The summed E-state index contributed by atoms with van der Waals surface area (Å²) in [6.07, 6.45) is -1.62. The lowest BCUT2D eigenvalue weighted by molar-refractivity contribution is 0.221. The summed E-state index contributed by atoms with van der Waals surface area (Å²) in [5.74, 6) is -5.69. The molecule has 12 heteroatoms. The summed E-state index contributed by atoms with van der Waals surface area (Å²) in [4.78, 5) is 0. The van der Waals surface area contributed by atoms with Gasteiger partial charge in [0.2, 0.25) is 0 Å². The van der Waals surface area contributed by atoms with E-state index in [-0.39, 0.29) is 57.5 Å². The molecular formula is C56H42O12. The standard InChI is InChI=1S/C56H42O12/c57-29-9-1-25(2-10-29)45-47-37(17-33(61)21-41(47)65)53-49-39(19-35(63)23-43(49)67-55(53)27-5-13-31(59)14-6-27)51(45)52-40-20-36(64)24-44-50(40)54(56(68-44)28-7-15-32(60)16-8-28)38-18-34(62)22-42(66)48(38)46(52)26-3-11-30(58)12-4-26/h1-24,45-46,51-66H/t45?,46?,51-,52-,53-,54-,55+,56+/m1/s1. The van der Waals surface area contributed by atoms with E-state index in [1.54, 1.807) is 121 Å². The topological polar surface area (TPSA) is 221 Å². The average molecular weight is 907 g/mol. The molecule has 0 aromatic heterocycles. The van der Waals surface area contributed by atoms with E-state index in [1.807, 2.05) is 0 Å². The SMILES string of the molecule is Oc1ccc(C2c3c(O)cc(O)cc3[C@@H]3c4c(cc(O)cc4[C@H]2[C@@H]2c4cc(O)cc5c4[C@@H](c4cc(O)cc(O)c4C2c2ccc(O)cc2)[C@H](c2ccc(O)cc2)O5)O[C@H]3c2ccc(O)cc2)cc1. The Hall–Kier alpha value is -8.64. The number of fused-ring (bicyclic) bond motifs is 4. The monoisotopic (exact) mass is 906 g/mol. The highest BCUT2D eigenvalue weighted by molar-refractivity contribution is 5.71. The fourth-order valence-electron chi connectivity index (χ4n) is 12.0.